The molecule has 0 aliphatic carbocycles. The van der Waals surface area contributed by atoms with Crippen LogP contribution in [0.15, 0.2) is 64.2 Å². The SMILES string of the molecule is COc1ccc(C2=Nc3occc3C(N)N2c2ccc(OC)c(OC)c2)cc1. The Kier molecular flexibility index (Phi) is 4.67. The normalized spacial score (nSPS) is 15.6. The molecular formula is C21H21N3O4. The van der Waals surface area contributed by atoms with Gasteiger partial charge in [0.1, 0.15) is 17.8 Å². The quantitative estimate of drug-likeness (QED) is 0.725. The second kappa shape index (κ2) is 7.28. The van der Waals surface area contributed by atoms with Gasteiger partial charge in [-0.2, -0.15) is 4.99 Å². The Morgan fingerprint density at radius 1 is 0.929 bits per heavy atom. The maximum absolute atomic E-state index is 6.60. The number of anilines is 1. The van der Waals surface area contributed by atoms with Crippen LogP contribution in [0.1, 0.15) is 17.3 Å². The van der Waals surface area contributed by atoms with Crippen molar-refractivity contribution in [2.24, 2.45) is 10.7 Å². The van der Waals surface area contributed by atoms with E-state index in [1.54, 1.807) is 27.6 Å². The summed E-state index contributed by atoms with van der Waals surface area (Å²) in [6, 6.07) is 15.1. The molecular weight excluding hydrogens is 358 g/mol. The first kappa shape index (κ1) is 17.9. The molecule has 1 aliphatic heterocycles. The Morgan fingerprint density at radius 2 is 1.68 bits per heavy atom. The van der Waals surface area contributed by atoms with Crippen molar-refractivity contribution in [2.75, 3.05) is 26.2 Å². The number of nitrogens with two attached hydrogens (primary N) is 1. The lowest BCUT2D eigenvalue weighted by atomic mass is 10.1. The maximum Gasteiger partial charge on any atom is 0.227 e. The second-order valence-electron chi connectivity index (χ2n) is 6.20. The van der Waals surface area contributed by atoms with Gasteiger partial charge in [0.05, 0.1) is 33.2 Å². The summed E-state index contributed by atoms with van der Waals surface area (Å²) in [5.74, 6) is 3.20. The fraction of sp³-hybridized carbons (Fsp3) is 0.190. The topological polar surface area (TPSA) is 82.5 Å². The van der Waals surface area contributed by atoms with Gasteiger partial charge in [0, 0.05) is 17.3 Å². The van der Waals surface area contributed by atoms with Crippen LogP contribution in [0.5, 0.6) is 17.2 Å². The zero-order chi connectivity index (χ0) is 19.7. The minimum Gasteiger partial charge on any atom is -0.497 e. The highest BCUT2D eigenvalue weighted by Crippen LogP contribution is 2.40. The van der Waals surface area contributed by atoms with Crippen molar-refractivity contribution in [1.29, 1.82) is 0 Å². The van der Waals surface area contributed by atoms with E-state index in [0.717, 1.165) is 22.6 Å². The fourth-order valence-corrected chi connectivity index (χ4v) is 3.25. The zero-order valence-corrected chi connectivity index (χ0v) is 15.9. The molecule has 3 aromatic rings. The first-order chi connectivity index (χ1) is 13.7. The molecule has 1 aliphatic rings. The lowest BCUT2D eigenvalue weighted by molar-refractivity contribution is 0.355. The third-order valence-corrected chi connectivity index (χ3v) is 4.70. The van der Waals surface area contributed by atoms with Crippen molar-refractivity contribution in [3.63, 3.8) is 0 Å². The molecule has 1 atom stereocenters. The second-order valence-corrected chi connectivity index (χ2v) is 6.20. The Morgan fingerprint density at radius 3 is 2.36 bits per heavy atom. The van der Waals surface area contributed by atoms with Gasteiger partial charge in [-0.1, -0.05) is 0 Å². The molecule has 2 heterocycles. The number of ether oxygens (including phenoxy) is 3. The highest BCUT2D eigenvalue weighted by Gasteiger charge is 2.32. The largest absolute Gasteiger partial charge is 0.497 e. The van der Waals surface area contributed by atoms with Gasteiger partial charge in [0.25, 0.3) is 0 Å². The first-order valence-electron chi connectivity index (χ1n) is 8.73. The molecule has 0 amide bonds. The van der Waals surface area contributed by atoms with Gasteiger partial charge in [-0.05, 0) is 42.5 Å². The molecule has 7 nitrogen and oxygen atoms in total. The molecule has 1 unspecified atom stereocenters. The van der Waals surface area contributed by atoms with Crippen LogP contribution in [0.2, 0.25) is 0 Å². The van der Waals surface area contributed by atoms with Crippen LogP contribution >= 0.6 is 0 Å². The average Bonchev–Trinajstić information content (AvgIpc) is 3.22. The molecule has 2 aromatic carbocycles. The maximum atomic E-state index is 6.60. The van der Waals surface area contributed by atoms with Crippen molar-refractivity contribution >= 4 is 17.4 Å². The fourth-order valence-electron chi connectivity index (χ4n) is 3.25. The molecule has 28 heavy (non-hydrogen) atoms. The number of nitrogens with zero attached hydrogens (tertiary/aromatic N) is 2. The summed E-state index contributed by atoms with van der Waals surface area (Å²) in [5, 5.41) is 0. The molecule has 1 aromatic heterocycles. The number of rotatable bonds is 5. The predicted octanol–water partition coefficient (Wildman–Crippen LogP) is 3.86. The molecule has 0 radical (unpaired) electrons. The minimum absolute atomic E-state index is 0.471. The predicted molar refractivity (Wildman–Crippen MR) is 107 cm³/mol. The van der Waals surface area contributed by atoms with E-state index in [1.165, 1.54) is 0 Å². The summed E-state index contributed by atoms with van der Waals surface area (Å²) < 4.78 is 21.6. The molecule has 2 N–H and O–H groups in total. The van der Waals surface area contributed by atoms with Gasteiger partial charge >= 0.3 is 0 Å². The van der Waals surface area contributed by atoms with E-state index in [9.17, 15) is 0 Å². The van der Waals surface area contributed by atoms with Crippen LogP contribution < -0.4 is 24.8 Å². The highest BCUT2D eigenvalue weighted by molar-refractivity contribution is 6.12. The molecule has 0 spiro atoms. The number of aliphatic imine (C=N–C) groups is 1. The summed E-state index contributed by atoms with van der Waals surface area (Å²) in [4.78, 5) is 6.67. The van der Waals surface area contributed by atoms with Crippen LogP contribution in [0.3, 0.4) is 0 Å². The van der Waals surface area contributed by atoms with Gasteiger partial charge in [-0.25, -0.2) is 0 Å². The number of hydrogen-bond acceptors (Lipinski definition) is 7. The van der Waals surface area contributed by atoms with E-state index in [1.807, 2.05) is 53.4 Å². The molecule has 0 fully saturated rings. The monoisotopic (exact) mass is 379 g/mol. The highest BCUT2D eigenvalue weighted by atomic mass is 16.5. The van der Waals surface area contributed by atoms with Crippen molar-refractivity contribution in [3.05, 3.63) is 65.9 Å². The van der Waals surface area contributed by atoms with Crippen molar-refractivity contribution in [3.8, 4) is 17.2 Å². The Bertz CT molecular complexity index is 1010. The summed E-state index contributed by atoms with van der Waals surface area (Å²) in [6.45, 7) is 0. The summed E-state index contributed by atoms with van der Waals surface area (Å²) >= 11 is 0. The van der Waals surface area contributed by atoms with Crippen molar-refractivity contribution in [1.82, 2.24) is 0 Å². The third-order valence-electron chi connectivity index (χ3n) is 4.70. The van der Waals surface area contributed by atoms with Crippen LogP contribution in [0, 0.1) is 0 Å². The van der Waals surface area contributed by atoms with E-state index in [2.05, 4.69) is 0 Å². The molecule has 7 heteroatoms. The number of amidine groups is 1. The number of benzene rings is 2. The molecule has 0 bridgehead atoms. The van der Waals surface area contributed by atoms with E-state index in [0.29, 0.717) is 23.2 Å². The Balaban J connectivity index is 1.85. The van der Waals surface area contributed by atoms with E-state index in [4.69, 9.17) is 29.4 Å². The van der Waals surface area contributed by atoms with Crippen LogP contribution in [-0.2, 0) is 0 Å². The van der Waals surface area contributed by atoms with Gasteiger partial charge < -0.3 is 29.3 Å². The number of hydrogen-bond donors (Lipinski definition) is 1. The average molecular weight is 379 g/mol. The Hall–Kier alpha value is -3.45. The van der Waals surface area contributed by atoms with Crippen LogP contribution in [-0.4, -0.2) is 27.2 Å². The number of methoxy groups -OCH3 is 3. The van der Waals surface area contributed by atoms with Crippen molar-refractivity contribution < 1.29 is 18.6 Å². The van der Waals surface area contributed by atoms with Gasteiger partial charge in [0.15, 0.2) is 11.5 Å². The van der Waals surface area contributed by atoms with Crippen LogP contribution in [0.4, 0.5) is 11.6 Å². The number of fused-ring (bicyclic) bond motifs is 1. The van der Waals surface area contributed by atoms with E-state index < -0.39 is 6.17 Å². The first-order valence-corrected chi connectivity index (χ1v) is 8.73. The molecule has 0 saturated heterocycles. The zero-order valence-electron chi connectivity index (χ0n) is 15.9. The van der Waals surface area contributed by atoms with Crippen LogP contribution in [0.25, 0.3) is 0 Å². The van der Waals surface area contributed by atoms with E-state index >= 15 is 0 Å². The lowest BCUT2D eigenvalue weighted by Gasteiger charge is -2.34. The van der Waals surface area contributed by atoms with Crippen molar-refractivity contribution in [2.45, 2.75) is 6.17 Å². The molecule has 144 valence electrons. The third kappa shape index (κ3) is 2.95. The van der Waals surface area contributed by atoms with E-state index in [-0.39, 0.29) is 0 Å². The van der Waals surface area contributed by atoms with Gasteiger partial charge in [-0.15, -0.1) is 0 Å². The number of furan rings is 1. The Labute approximate surface area is 162 Å². The summed E-state index contributed by atoms with van der Waals surface area (Å²) in [6.07, 6.45) is 1.12. The van der Waals surface area contributed by atoms with Gasteiger partial charge in [-0.3, -0.25) is 0 Å². The molecule has 0 saturated carbocycles. The smallest absolute Gasteiger partial charge is 0.227 e. The molecule has 4 rings (SSSR count). The summed E-state index contributed by atoms with van der Waals surface area (Å²) in [5.41, 5.74) is 9.12. The summed E-state index contributed by atoms with van der Waals surface area (Å²) in [7, 11) is 4.84. The van der Waals surface area contributed by atoms with Gasteiger partial charge in [0.2, 0.25) is 5.88 Å². The minimum atomic E-state index is -0.471. The standard InChI is InChI=1S/C21H21N3O4/c1-25-15-7-4-13(5-8-15)20-23-21-16(10-11-28-21)19(22)24(20)14-6-9-17(26-2)18(12-14)27-3/h4-12,19H,22H2,1-3H3. The lowest BCUT2D eigenvalue weighted by Crippen LogP contribution is -2.42.